The van der Waals surface area contributed by atoms with Gasteiger partial charge in [-0.1, -0.05) is 6.07 Å². The van der Waals surface area contributed by atoms with Crippen LogP contribution in [0.15, 0.2) is 35.4 Å². The van der Waals surface area contributed by atoms with Crippen molar-refractivity contribution in [1.29, 1.82) is 0 Å². The van der Waals surface area contributed by atoms with E-state index in [1.54, 1.807) is 24.5 Å². The SMILES string of the molecule is O=c1c(CCCl)cnc2ccccn12. The summed E-state index contributed by atoms with van der Waals surface area (Å²) in [6.07, 6.45) is 3.87. The molecule has 0 N–H and O–H groups in total. The van der Waals surface area contributed by atoms with Crippen molar-refractivity contribution in [3.63, 3.8) is 0 Å². The van der Waals surface area contributed by atoms with Crippen LogP contribution >= 0.6 is 11.6 Å². The van der Waals surface area contributed by atoms with Crippen molar-refractivity contribution < 1.29 is 0 Å². The lowest BCUT2D eigenvalue weighted by Crippen LogP contribution is -2.19. The first-order valence-corrected chi connectivity index (χ1v) is 4.87. The van der Waals surface area contributed by atoms with Crippen molar-refractivity contribution in [2.45, 2.75) is 6.42 Å². The fraction of sp³-hybridized carbons (Fsp3) is 0.200. The summed E-state index contributed by atoms with van der Waals surface area (Å²) in [7, 11) is 0. The lowest BCUT2D eigenvalue weighted by molar-refractivity contribution is 0.970. The number of nitrogens with zero attached hydrogens (tertiary/aromatic N) is 2. The molecule has 2 heterocycles. The number of hydrogen-bond donors (Lipinski definition) is 0. The standard InChI is InChI=1S/C10H9ClN2O/c11-5-4-8-7-12-9-3-1-2-6-13(9)10(8)14/h1-3,6-7H,4-5H2. The molecule has 3 nitrogen and oxygen atoms in total. The summed E-state index contributed by atoms with van der Waals surface area (Å²) in [6.45, 7) is 0. The van der Waals surface area contributed by atoms with Crippen LogP contribution in [0, 0.1) is 0 Å². The van der Waals surface area contributed by atoms with Crippen LogP contribution in [-0.2, 0) is 6.42 Å². The van der Waals surface area contributed by atoms with Crippen molar-refractivity contribution in [2.75, 3.05) is 5.88 Å². The van der Waals surface area contributed by atoms with Crippen LogP contribution in [0.1, 0.15) is 5.56 Å². The summed E-state index contributed by atoms with van der Waals surface area (Å²) in [5, 5.41) is 0. The maximum atomic E-state index is 11.8. The average molecular weight is 209 g/mol. The Hall–Kier alpha value is -1.35. The zero-order chi connectivity index (χ0) is 9.97. The maximum absolute atomic E-state index is 11.8. The van der Waals surface area contributed by atoms with E-state index in [4.69, 9.17) is 11.6 Å². The van der Waals surface area contributed by atoms with E-state index in [2.05, 4.69) is 4.98 Å². The third kappa shape index (κ3) is 1.51. The van der Waals surface area contributed by atoms with Crippen molar-refractivity contribution in [3.05, 3.63) is 46.5 Å². The fourth-order valence-electron chi connectivity index (χ4n) is 1.34. The number of alkyl halides is 1. The summed E-state index contributed by atoms with van der Waals surface area (Å²) < 4.78 is 1.53. The van der Waals surface area contributed by atoms with E-state index in [0.29, 0.717) is 23.5 Å². The molecule has 0 unspecified atom stereocenters. The molecule has 0 saturated carbocycles. The smallest absolute Gasteiger partial charge is 0.261 e. The van der Waals surface area contributed by atoms with E-state index in [0.717, 1.165) is 0 Å². The highest BCUT2D eigenvalue weighted by molar-refractivity contribution is 6.17. The second-order valence-electron chi connectivity index (χ2n) is 2.96. The summed E-state index contributed by atoms with van der Waals surface area (Å²) >= 11 is 5.58. The van der Waals surface area contributed by atoms with Gasteiger partial charge in [-0.25, -0.2) is 4.98 Å². The van der Waals surface area contributed by atoms with E-state index in [1.165, 1.54) is 4.40 Å². The Balaban J connectivity index is 2.69. The monoisotopic (exact) mass is 208 g/mol. The molecule has 0 aliphatic rings. The van der Waals surface area contributed by atoms with Gasteiger partial charge in [0.05, 0.1) is 0 Å². The van der Waals surface area contributed by atoms with E-state index >= 15 is 0 Å². The first-order valence-electron chi connectivity index (χ1n) is 4.34. The topological polar surface area (TPSA) is 34.4 Å². The first-order chi connectivity index (χ1) is 6.83. The third-order valence-corrected chi connectivity index (χ3v) is 2.24. The van der Waals surface area contributed by atoms with Crippen LogP contribution in [0.25, 0.3) is 5.65 Å². The average Bonchev–Trinajstić information content (AvgIpc) is 2.23. The Morgan fingerprint density at radius 3 is 3.07 bits per heavy atom. The number of rotatable bonds is 2. The molecule has 0 aliphatic heterocycles. The van der Waals surface area contributed by atoms with Gasteiger partial charge in [0.25, 0.3) is 5.56 Å². The zero-order valence-corrected chi connectivity index (χ0v) is 8.24. The Morgan fingerprint density at radius 2 is 2.29 bits per heavy atom. The zero-order valence-electron chi connectivity index (χ0n) is 7.48. The maximum Gasteiger partial charge on any atom is 0.261 e. The second kappa shape index (κ2) is 3.80. The molecule has 0 bridgehead atoms. The highest BCUT2D eigenvalue weighted by atomic mass is 35.5. The summed E-state index contributed by atoms with van der Waals surface area (Å²) in [6, 6.07) is 5.45. The van der Waals surface area contributed by atoms with Gasteiger partial charge in [0.2, 0.25) is 0 Å². The van der Waals surface area contributed by atoms with Gasteiger partial charge < -0.3 is 0 Å². The van der Waals surface area contributed by atoms with Gasteiger partial charge in [-0.2, -0.15) is 0 Å². The molecule has 0 saturated heterocycles. The van der Waals surface area contributed by atoms with Crippen LogP contribution in [0.5, 0.6) is 0 Å². The van der Waals surface area contributed by atoms with Gasteiger partial charge in [0, 0.05) is 23.8 Å². The fourth-order valence-corrected chi connectivity index (χ4v) is 1.54. The molecule has 2 rings (SSSR count). The van der Waals surface area contributed by atoms with Crippen LogP contribution in [0.4, 0.5) is 0 Å². The Labute approximate surface area is 86.0 Å². The quantitative estimate of drug-likeness (QED) is 0.701. The lowest BCUT2D eigenvalue weighted by Gasteiger charge is -2.01. The van der Waals surface area contributed by atoms with Gasteiger partial charge in [-0.15, -0.1) is 11.6 Å². The number of fused-ring (bicyclic) bond motifs is 1. The molecular weight excluding hydrogens is 200 g/mol. The van der Waals surface area contributed by atoms with Crippen molar-refractivity contribution >= 4 is 17.2 Å². The molecule has 0 fully saturated rings. The number of pyridine rings is 1. The molecule has 0 spiro atoms. The van der Waals surface area contributed by atoms with Crippen molar-refractivity contribution in [1.82, 2.24) is 9.38 Å². The number of aryl methyl sites for hydroxylation is 1. The molecule has 0 radical (unpaired) electrons. The number of aromatic nitrogens is 2. The van der Waals surface area contributed by atoms with E-state index in [9.17, 15) is 4.79 Å². The van der Waals surface area contributed by atoms with E-state index < -0.39 is 0 Å². The van der Waals surface area contributed by atoms with Crippen LogP contribution in [-0.4, -0.2) is 15.3 Å². The predicted molar refractivity (Wildman–Crippen MR) is 55.9 cm³/mol. The molecular formula is C10H9ClN2O. The first kappa shape index (κ1) is 9.21. The highest BCUT2D eigenvalue weighted by Gasteiger charge is 2.02. The predicted octanol–water partition coefficient (Wildman–Crippen LogP) is 1.48. The van der Waals surface area contributed by atoms with Gasteiger partial charge >= 0.3 is 0 Å². The Bertz CT molecular complexity index is 507. The minimum Gasteiger partial charge on any atom is -0.269 e. The summed E-state index contributed by atoms with van der Waals surface area (Å²) in [5.41, 5.74) is 1.29. The van der Waals surface area contributed by atoms with Crippen LogP contribution < -0.4 is 5.56 Å². The molecule has 0 atom stereocenters. The third-order valence-electron chi connectivity index (χ3n) is 2.05. The normalized spacial score (nSPS) is 10.6. The summed E-state index contributed by atoms with van der Waals surface area (Å²) in [4.78, 5) is 15.9. The molecule has 0 amide bonds. The van der Waals surface area contributed by atoms with Gasteiger partial charge in [-0.3, -0.25) is 9.20 Å². The molecule has 14 heavy (non-hydrogen) atoms. The molecule has 2 aromatic heterocycles. The minimum absolute atomic E-state index is 0.0312. The molecule has 4 heteroatoms. The minimum atomic E-state index is -0.0312. The van der Waals surface area contributed by atoms with Crippen LogP contribution in [0.3, 0.4) is 0 Å². The van der Waals surface area contributed by atoms with E-state index in [1.807, 2.05) is 6.07 Å². The molecule has 0 aliphatic carbocycles. The summed E-state index contributed by atoms with van der Waals surface area (Å²) in [5.74, 6) is 0.440. The lowest BCUT2D eigenvalue weighted by atomic mass is 10.2. The Kier molecular flexibility index (Phi) is 2.50. The van der Waals surface area contributed by atoms with Gasteiger partial charge in [0.1, 0.15) is 5.65 Å². The van der Waals surface area contributed by atoms with Gasteiger partial charge in [0.15, 0.2) is 0 Å². The largest absolute Gasteiger partial charge is 0.269 e. The number of hydrogen-bond acceptors (Lipinski definition) is 2. The van der Waals surface area contributed by atoms with Crippen molar-refractivity contribution in [2.24, 2.45) is 0 Å². The molecule has 0 aromatic carbocycles. The van der Waals surface area contributed by atoms with Crippen LogP contribution in [0.2, 0.25) is 0 Å². The van der Waals surface area contributed by atoms with Crippen molar-refractivity contribution in [3.8, 4) is 0 Å². The molecule has 2 aromatic rings. The second-order valence-corrected chi connectivity index (χ2v) is 3.33. The highest BCUT2D eigenvalue weighted by Crippen LogP contribution is 1.98. The number of halogens is 1. The van der Waals surface area contributed by atoms with E-state index in [-0.39, 0.29) is 5.56 Å². The Morgan fingerprint density at radius 1 is 1.43 bits per heavy atom. The molecule has 72 valence electrons. The van der Waals surface area contributed by atoms with Gasteiger partial charge in [-0.05, 0) is 18.6 Å².